The summed E-state index contributed by atoms with van der Waals surface area (Å²) in [5.41, 5.74) is 0.389. The van der Waals surface area contributed by atoms with Gasteiger partial charge in [0.1, 0.15) is 5.69 Å². The third-order valence-electron chi connectivity index (χ3n) is 3.42. The molecule has 1 aromatic heterocycles. The van der Waals surface area contributed by atoms with E-state index in [-0.39, 0.29) is 11.8 Å². The van der Waals surface area contributed by atoms with Gasteiger partial charge in [-0.1, -0.05) is 6.92 Å². The highest BCUT2D eigenvalue weighted by molar-refractivity contribution is 5.92. The lowest BCUT2D eigenvalue weighted by molar-refractivity contribution is -0.130. The minimum atomic E-state index is -0.111. The standard InChI is InChI=1S/C14H21N5O2/c1-3-5-15-14-16-6-4-12(17-14)13(21)19-9-7-18(8-10-19)11(2)20/h4,6H,3,5,7-10H2,1-2H3,(H,15,16,17). The molecule has 0 radical (unpaired) electrons. The maximum absolute atomic E-state index is 12.4. The van der Waals surface area contributed by atoms with Crippen LogP contribution in [0.25, 0.3) is 0 Å². The van der Waals surface area contributed by atoms with E-state index >= 15 is 0 Å². The van der Waals surface area contributed by atoms with Crippen LogP contribution in [0.1, 0.15) is 30.8 Å². The third-order valence-corrected chi connectivity index (χ3v) is 3.42. The Morgan fingerprint density at radius 3 is 2.52 bits per heavy atom. The fraction of sp³-hybridized carbons (Fsp3) is 0.571. The molecule has 2 rings (SSSR count). The largest absolute Gasteiger partial charge is 0.354 e. The summed E-state index contributed by atoms with van der Waals surface area (Å²) in [6.45, 7) is 6.61. The minimum absolute atomic E-state index is 0.0511. The smallest absolute Gasteiger partial charge is 0.272 e. The van der Waals surface area contributed by atoms with Crippen LogP contribution in [0.4, 0.5) is 5.95 Å². The molecule has 0 aliphatic carbocycles. The second-order valence-electron chi connectivity index (χ2n) is 4.99. The van der Waals surface area contributed by atoms with Crippen molar-refractivity contribution in [2.75, 3.05) is 38.0 Å². The van der Waals surface area contributed by atoms with E-state index in [9.17, 15) is 9.59 Å². The molecular formula is C14H21N5O2. The summed E-state index contributed by atoms with van der Waals surface area (Å²) in [4.78, 5) is 35.5. The van der Waals surface area contributed by atoms with Crippen molar-refractivity contribution in [3.8, 4) is 0 Å². The zero-order valence-corrected chi connectivity index (χ0v) is 12.5. The normalized spacial score (nSPS) is 15.0. The van der Waals surface area contributed by atoms with Gasteiger partial charge in [-0.25, -0.2) is 9.97 Å². The molecule has 1 aromatic rings. The molecule has 0 atom stereocenters. The highest BCUT2D eigenvalue weighted by Crippen LogP contribution is 2.08. The van der Waals surface area contributed by atoms with Gasteiger partial charge < -0.3 is 15.1 Å². The first kappa shape index (κ1) is 15.2. The number of rotatable bonds is 4. The molecule has 21 heavy (non-hydrogen) atoms. The number of anilines is 1. The van der Waals surface area contributed by atoms with E-state index in [0.717, 1.165) is 13.0 Å². The Hall–Kier alpha value is -2.18. The van der Waals surface area contributed by atoms with Crippen LogP contribution in [0.3, 0.4) is 0 Å². The second kappa shape index (κ2) is 7.01. The lowest BCUT2D eigenvalue weighted by Gasteiger charge is -2.34. The number of piperazine rings is 1. The summed E-state index contributed by atoms with van der Waals surface area (Å²) < 4.78 is 0. The maximum Gasteiger partial charge on any atom is 0.272 e. The van der Waals surface area contributed by atoms with Crippen molar-refractivity contribution in [1.82, 2.24) is 19.8 Å². The van der Waals surface area contributed by atoms with Crippen LogP contribution in [0.5, 0.6) is 0 Å². The van der Waals surface area contributed by atoms with E-state index < -0.39 is 0 Å². The molecule has 0 spiro atoms. The van der Waals surface area contributed by atoms with Crippen LogP contribution < -0.4 is 5.32 Å². The van der Waals surface area contributed by atoms with Crippen molar-refractivity contribution >= 4 is 17.8 Å². The molecule has 0 unspecified atom stereocenters. The minimum Gasteiger partial charge on any atom is -0.354 e. The van der Waals surface area contributed by atoms with Crippen LogP contribution in [0.2, 0.25) is 0 Å². The Morgan fingerprint density at radius 2 is 1.90 bits per heavy atom. The fourth-order valence-electron chi connectivity index (χ4n) is 2.19. The predicted molar refractivity (Wildman–Crippen MR) is 79.0 cm³/mol. The Labute approximate surface area is 124 Å². The SMILES string of the molecule is CCCNc1nccc(C(=O)N2CCN(C(C)=O)CC2)n1. The summed E-state index contributed by atoms with van der Waals surface area (Å²) in [5, 5.41) is 3.07. The van der Waals surface area contributed by atoms with Gasteiger partial charge in [-0.2, -0.15) is 0 Å². The molecule has 7 nitrogen and oxygen atoms in total. The van der Waals surface area contributed by atoms with Crippen molar-refractivity contribution in [3.05, 3.63) is 18.0 Å². The zero-order chi connectivity index (χ0) is 15.2. The first-order valence-electron chi connectivity index (χ1n) is 7.23. The lowest BCUT2D eigenvalue weighted by Crippen LogP contribution is -2.50. The van der Waals surface area contributed by atoms with Gasteiger partial charge in [0.05, 0.1) is 0 Å². The molecule has 7 heteroatoms. The van der Waals surface area contributed by atoms with Crippen molar-refractivity contribution in [2.45, 2.75) is 20.3 Å². The Morgan fingerprint density at radius 1 is 1.24 bits per heavy atom. The van der Waals surface area contributed by atoms with Gasteiger partial charge in [-0.3, -0.25) is 9.59 Å². The highest BCUT2D eigenvalue weighted by Gasteiger charge is 2.24. The molecule has 0 saturated carbocycles. The van der Waals surface area contributed by atoms with E-state index in [1.165, 1.54) is 0 Å². The zero-order valence-electron chi connectivity index (χ0n) is 12.5. The van der Waals surface area contributed by atoms with E-state index in [0.29, 0.717) is 37.8 Å². The van der Waals surface area contributed by atoms with Crippen molar-refractivity contribution in [1.29, 1.82) is 0 Å². The molecule has 0 aromatic carbocycles. The van der Waals surface area contributed by atoms with Gasteiger partial charge in [-0.15, -0.1) is 0 Å². The summed E-state index contributed by atoms with van der Waals surface area (Å²) in [6, 6.07) is 1.62. The molecule has 1 N–H and O–H groups in total. The summed E-state index contributed by atoms with van der Waals surface area (Å²) in [5.74, 6) is 0.417. The highest BCUT2D eigenvalue weighted by atomic mass is 16.2. The Balaban J connectivity index is 1.99. The van der Waals surface area contributed by atoms with Crippen molar-refractivity contribution in [3.63, 3.8) is 0 Å². The number of aromatic nitrogens is 2. The summed E-state index contributed by atoms with van der Waals surface area (Å²) in [6.07, 6.45) is 2.55. The molecule has 1 saturated heterocycles. The molecular weight excluding hydrogens is 270 g/mol. The van der Waals surface area contributed by atoms with Crippen LogP contribution in [-0.2, 0) is 4.79 Å². The third kappa shape index (κ3) is 3.90. The Kier molecular flexibility index (Phi) is 5.08. The number of nitrogens with one attached hydrogen (secondary N) is 1. The topological polar surface area (TPSA) is 78.4 Å². The molecule has 1 aliphatic heterocycles. The number of hydrogen-bond donors (Lipinski definition) is 1. The molecule has 1 fully saturated rings. The van der Waals surface area contributed by atoms with Crippen molar-refractivity contribution in [2.24, 2.45) is 0 Å². The summed E-state index contributed by atoms with van der Waals surface area (Å²) in [7, 11) is 0. The molecule has 0 bridgehead atoms. The molecule has 114 valence electrons. The average Bonchev–Trinajstić information content (AvgIpc) is 2.52. The van der Waals surface area contributed by atoms with Gasteiger partial charge >= 0.3 is 0 Å². The summed E-state index contributed by atoms with van der Waals surface area (Å²) >= 11 is 0. The van der Waals surface area contributed by atoms with Crippen LogP contribution in [0, 0.1) is 0 Å². The van der Waals surface area contributed by atoms with Gasteiger partial charge in [-0.05, 0) is 12.5 Å². The number of nitrogens with zero attached hydrogens (tertiary/aromatic N) is 4. The van der Waals surface area contributed by atoms with E-state index in [2.05, 4.69) is 22.2 Å². The van der Waals surface area contributed by atoms with Crippen LogP contribution in [0.15, 0.2) is 12.3 Å². The number of hydrogen-bond acceptors (Lipinski definition) is 5. The lowest BCUT2D eigenvalue weighted by atomic mass is 10.2. The van der Waals surface area contributed by atoms with Crippen LogP contribution in [-0.4, -0.2) is 64.3 Å². The molecule has 2 amide bonds. The van der Waals surface area contributed by atoms with Crippen LogP contribution >= 0.6 is 0 Å². The van der Waals surface area contributed by atoms with E-state index in [1.807, 2.05) is 0 Å². The van der Waals surface area contributed by atoms with Gasteiger partial charge in [0.25, 0.3) is 5.91 Å². The van der Waals surface area contributed by atoms with Crippen molar-refractivity contribution < 1.29 is 9.59 Å². The van der Waals surface area contributed by atoms with Gasteiger partial charge in [0, 0.05) is 45.8 Å². The number of carbonyl (C=O) groups excluding carboxylic acids is 2. The average molecular weight is 291 g/mol. The number of amides is 2. The van der Waals surface area contributed by atoms with Gasteiger partial charge in [0.15, 0.2) is 0 Å². The maximum atomic E-state index is 12.4. The molecule has 1 aliphatic rings. The fourth-order valence-corrected chi connectivity index (χ4v) is 2.19. The monoisotopic (exact) mass is 291 g/mol. The quantitative estimate of drug-likeness (QED) is 0.879. The predicted octanol–water partition coefficient (Wildman–Crippen LogP) is 0.603. The number of carbonyl (C=O) groups is 2. The molecule has 2 heterocycles. The van der Waals surface area contributed by atoms with E-state index in [1.54, 1.807) is 29.0 Å². The second-order valence-corrected chi connectivity index (χ2v) is 4.99. The first-order valence-corrected chi connectivity index (χ1v) is 7.23. The first-order chi connectivity index (χ1) is 10.1. The van der Waals surface area contributed by atoms with E-state index in [4.69, 9.17) is 0 Å². The Bertz CT molecular complexity index is 512. The van der Waals surface area contributed by atoms with Gasteiger partial charge in [0.2, 0.25) is 11.9 Å².